The Kier molecular flexibility index (Phi) is 5.53. The highest BCUT2D eigenvalue weighted by molar-refractivity contribution is 5.73. The maximum absolute atomic E-state index is 10.7. The summed E-state index contributed by atoms with van der Waals surface area (Å²) in [6.45, 7) is 0.795. The van der Waals surface area contributed by atoms with Crippen molar-refractivity contribution in [2.75, 3.05) is 13.1 Å². The Morgan fingerprint density at radius 3 is 2.62 bits per heavy atom. The molecule has 4 nitrogen and oxygen atoms in total. The molecule has 0 aliphatic rings. The molecule has 0 fully saturated rings. The van der Waals surface area contributed by atoms with Gasteiger partial charge in [-0.05, 0) is 24.9 Å². The molecule has 0 aromatic heterocycles. The molecule has 0 aliphatic heterocycles. The van der Waals surface area contributed by atoms with E-state index in [1.54, 1.807) is 0 Å². The van der Waals surface area contributed by atoms with Crippen LogP contribution in [0.15, 0.2) is 30.3 Å². The van der Waals surface area contributed by atoms with Crippen LogP contribution in [0.25, 0.3) is 0 Å². The normalized spacial score (nSPS) is 12.3. The van der Waals surface area contributed by atoms with Gasteiger partial charge in [0, 0.05) is 6.54 Å². The molecule has 0 aliphatic carbocycles. The first-order valence-corrected chi connectivity index (χ1v) is 5.44. The number of benzene rings is 1. The molecule has 1 aromatic carbocycles. The van der Waals surface area contributed by atoms with Crippen LogP contribution in [0, 0.1) is 0 Å². The van der Waals surface area contributed by atoms with Crippen molar-refractivity contribution in [1.82, 2.24) is 5.32 Å². The number of nitrogens with one attached hydrogen (secondary N) is 1. The molecule has 16 heavy (non-hydrogen) atoms. The number of nitrogens with two attached hydrogens (primary N) is 1. The first-order chi connectivity index (χ1) is 7.74. The van der Waals surface area contributed by atoms with Crippen LogP contribution in [0.5, 0.6) is 0 Å². The molecule has 88 valence electrons. The van der Waals surface area contributed by atoms with Crippen LogP contribution in [-0.4, -0.2) is 30.2 Å². The summed E-state index contributed by atoms with van der Waals surface area (Å²) < 4.78 is 0. The maximum Gasteiger partial charge on any atom is 0.322 e. The van der Waals surface area contributed by atoms with Crippen molar-refractivity contribution in [3.05, 3.63) is 35.9 Å². The van der Waals surface area contributed by atoms with E-state index in [2.05, 4.69) is 17.4 Å². The van der Waals surface area contributed by atoms with Gasteiger partial charge in [-0.15, -0.1) is 0 Å². The van der Waals surface area contributed by atoms with Crippen LogP contribution in [0.4, 0.5) is 0 Å². The van der Waals surface area contributed by atoms with Crippen LogP contribution >= 0.6 is 0 Å². The lowest BCUT2D eigenvalue weighted by molar-refractivity contribution is -0.139. The van der Waals surface area contributed by atoms with Crippen LogP contribution < -0.4 is 11.1 Å². The minimum Gasteiger partial charge on any atom is -0.480 e. The molecule has 1 aromatic rings. The highest BCUT2D eigenvalue weighted by Gasteiger charge is 2.13. The van der Waals surface area contributed by atoms with Crippen LogP contribution in [0.3, 0.4) is 0 Å². The van der Waals surface area contributed by atoms with Crippen LogP contribution in [0.2, 0.25) is 0 Å². The average molecular weight is 222 g/mol. The number of carboxylic acid groups (broad SMARTS) is 1. The minimum atomic E-state index is -0.887. The predicted octanol–water partition coefficient (Wildman–Crippen LogP) is 0.621. The second-order valence-corrected chi connectivity index (χ2v) is 3.67. The molecule has 0 unspecified atom stereocenters. The quantitative estimate of drug-likeness (QED) is 0.591. The van der Waals surface area contributed by atoms with Gasteiger partial charge < -0.3 is 16.2 Å². The van der Waals surface area contributed by atoms with E-state index in [-0.39, 0.29) is 6.54 Å². The number of aliphatic carboxylic acids is 1. The Bertz CT molecular complexity index is 314. The topological polar surface area (TPSA) is 75.3 Å². The number of carboxylic acids is 1. The van der Waals surface area contributed by atoms with Gasteiger partial charge in [-0.2, -0.15) is 0 Å². The van der Waals surface area contributed by atoms with Crippen LogP contribution in [-0.2, 0) is 11.2 Å². The summed E-state index contributed by atoms with van der Waals surface area (Å²) in [5.74, 6) is -0.887. The van der Waals surface area contributed by atoms with E-state index in [1.807, 2.05) is 18.2 Å². The van der Waals surface area contributed by atoms with Gasteiger partial charge in [0.1, 0.15) is 6.04 Å². The molecular formula is C12H18N2O2. The van der Waals surface area contributed by atoms with Crippen molar-refractivity contribution >= 4 is 5.97 Å². The lowest BCUT2D eigenvalue weighted by Crippen LogP contribution is -2.43. The Hall–Kier alpha value is -1.39. The molecule has 0 bridgehead atoms. The molecule has 1 atom stereocenters. The summed E-state index contributed by atoms with van der Waals surface area (Å²) >= 11 is 0. The first kappa shape index (κ1) is 12.7. The van der Waals surface area contributed by atoms with Gasteiger partial charge >= 0.3 is 5.97 Å². The average Bonchev–Trinajstić information content (AvgIpc) is 2.30. The molecule has 4 N–H and O–H groups in total. The molecular weight excluding hydrogens is 204 g/mol. The van der Waals surface area contributed by atoms with E-state index < -0.39 is 12.0 Å². The summed E-state index contributed by atoms with van der Waals surface area (Å²) in [4.78, 5) is 10.7. The molecule has 1 rings (SSSR count). The van der Waals surface area contributed by atoms with Gasteiger partial charge in [-0.25, -0.2) is 0 Å². The van der Waals surface area contributed by atoms with E-state index in [1.165, 1.54) is 5.56 Å². The summed E-state index contributed by atoms with van der Waals surface area (Å²) in [7, 11) is 0. The number of hydrogen-bond acceptors (Lipinski definition) is 3. The van der Waals surface area contributed by atoms with Crippen LogP contribution in [0.1, 0.15) is 12.0 Å². The summed E-state index contributed by atoms with van der Waals surface area (Å²) in [6.07, 6.45) is 1.86. The zero-order chi connectivity index (χ0) is 11.8. The Morgan fingerprint density at radius 2 is 2.06 bits per heavy atom. The maximum atomic E-state index is 10.7. The van der Waals surface area contributed by atoms with E-state index >= 15 is 0 Å². The first-order valence-electron chi connectivity index (χ1n) is 5.44. The van der Waals surface area contributed by atoms with E-state index in [4.69, 9.17) is 10.8 Å². The fourth-order valence-corrected chi connectivity index (χ4v) is 1.48. The third-order valence-electron chi connectivity index (χ3n) is 2.41. The third kappa shape index (κ3) is 4.42. The molecule has 0 amide bonds. The standard InChI is InChI=1S/C12H18N2O2/c13-9-11(12(15)16)14-8-4-7-10-5-2-1-3-6-10/h1-3,5-6,11,14H,4,7-9,13H2,(H,15,16)/t11-/m0/s1. The van der Waals surface area contributed by atoms with Gasteiger partial charge in [0.15, 0.2) is 0 Å². The predicted molar refractivity (Wildman–Crippen MR) is 63.2 cm³/mol. The van der Waals surface area contributed by atoms with Gasteiger partial charge in [0.05, 0.1) is 0 Å². The number of hydrogen-bond donors (Lipinski definition) is 3. The lowest BCUT2D eigenvalue weighted by Gasteiger charge is -2.11. The molecule has 0 saturated carbocycles. The second-order valence-electron chi connectivity index (χ2n) is 3.67. The number of carbonyl (C=O) groups is 1. The number of rotatable bonds is 7. The van der Waals surface area contributed by atoms with Crippen molar-refractivity contribution in [3.63, 3.8) is 0 Å². The van der Waals surface area contributed by atoms with Crippen molar-refractivity contribution in [1.29, 1.82) is 0 Å². The van der Waals surface area contributed by atoms with Crippen molar-refractivity contribution < 1.29 is 9.90 Å². The van der Waals surface area contributed by atoms with Gasteiger partial charge in [0.2, 0.25) is 0 Å². The lowest BCUT2D eigenvalue weighted by atomic mass is 10.1. The molecule has 0 heterocycles. The zero-order valence-electron chi connectivity index (χ0n) is 9.23. The van der Waals surface area contributed by atoms with Crippen molar-refractivity contribution in [2.24, 2.45) is 5.73 Å². The Balaban J connectivity index is 2.19. The van der Waals surface area contributed by atoms with Gasteiger partial charge in [0.25, 0.3) is 0 Å². The fraction of sp³-hybridized carbons (Fsp3) is 0.417. The highest BCUT2D eigenvalue weighted by atomic mass is 16.4. The third-order valence-corrected chi connectivity index (χ3v) is 2.41. The second kappa shape index (κ2) is 6.98. The van der Waals surface area contributed by atoms with Crippen molar-refractivity contribution in [3.8, 4) is 0 Å². The van der Waals surface area contributed by atoms with Gasteiger partial charge in [-0.3, -0.25) is 4.79 Å². The molecule has 0 spiro atoms. The van der Waals surface area contributed by atoms with Gasteiger partial charge in [-0.1, -0.05) is 30.3 Å². The smallest absolute Gasteiger partial charge is 0.322 e. The van der Waals surface area contributed by atoms with E-state index in [0.717, 1.165) is 12.8 Å². The molecule has 0 radical (unpaired) electrons. The highest BCUT2D eigenvalue weighted by Crippen LogP contribution is 2.01. The Labute approximate surface area is 95.5 Å². The summed E-state index contributed by atoms with van der Waals surface area (Å²) in [5.41, 5.74) is 6.59. The SMILES string of the molecule is NC[C@H](NCCCc1ccccc1)C(=O)O. The fourth-order valence-electron chi connectivity index (χ4n) is 1.48. The monoisotopic (exact) mass is 222 g/mol. The Morgan fingerprint density at radius 1 is 1.38 bits per heavy atom. The zero-order valence-corrected chi connectivity index (χ0v) is 9.23. The summed E-state index contributed by atoms with van der Waals surface area (Å²) in [5, 5.41) is 11.7. The number of aryl methyl sites for hydroxylation is 1. The largest absolute Gasteiger partial charge is 0.480 e. The van der Waals surface area contributed by atoms with E-state index in [9.17, 15) is 4.79 Å². The molecule has 0 saturated heterocycles. The van der Waals surface area contributed by atoms with E-state index in [0.29, 0.717) is 6.54 Å². The summed E-state index contributed by atoms with van der Waals surface area (Å²) in [6, 6.07) is 9.49. The minimum absolute atomic E-state index is 0.126. The van der Waals surface area contributed by atoms with Crippen molar-refractivity contribution in [2.45, 2.75) is 18.9 Å². The molecule has 4 heteroatoms.